The van der Waals surface area contributed by atoms with E-state index in [2.05, 4.69) is 51.0 Å². The van der Waals surface area contributed by atoms with Crippen LogP contribution in [0, 0.1) is 11.8 Å². The molecule has 0 saturated carbocycles. The molecule has 0 unspecified atom stereocenters. The highest BCUT2D eigenvalue weighted by Crippen LogP contribution is 2.36. The standard InChI is InChI=1S/C36H63NO4Si/c1-35(2,3)41-34(38)37-32-28-26-29-33(39-7)31(32)27-24-22-20-18-16-14-12-10-11-13-15-17-19-21-23-25-30-40-42(8,9)36(4,5)6/h26,28-29H,10-23,25,30H2,1-9H3,(H,37,38). The molecule has 0 heterocycles. The molecule has 0 spiro atoms. The molecule has 0 atom stereocenters. The number of hydrogen-bond acceptors (Lipinski definition) is 4. The van der Waals surface area contributed by atoms with Crippen molar-refractivity contribution in [3.8, 4) is 17.6 Å². The second kappa shape index (κ2) is 20.1. The Hall–Kier alpha value is -1.97. The van der Waals surface area contributed by atoms with Crippen LogP contribution in [0.2, 0.25) is 18.1 Å². The zero-order valence-electron chi connectivity index (χ0n) is 28.7. The van der Waals surface area contributed by atoms with Gasteiger partial charge in [-0.15, -0.1) is 0 Å². The Morgan fingerprint density at radius 1 is 0.786 bits per heavy atom. The monoisotopic (exact) mass is 601 g/mol. The van der Waals surface area contributed by atoms with E-state index in [9.17, 15) is 4.79 Å². The van der Waals surface area contributed by atoms with Gasteiger partial charge in [-0.2, -0.15) is 0 Å². The molecular weight excluding hydrogens is 538 g/mol. The lowest BCUT2D eigenvalue weighted by atomic mass is 10.0. The lowest BCUT2D eigenvalue weighted by Crippen LogP contribution is -2.40. The maximum Gasteiger partial charge on any atom is 0.412 e. The number of benzene rings is 1. The zero-order valence-corrected chi connectivity index (χ0v) is 29.7. The number of anilines is 1. The molecule has 0 radical (unpaired) electrons. The maximum atomic E-state index is 12.2. The van der Waals surface area contributed by atoms with E-state index in [4.69, 9.17) is 13.9 Å². The second-order valence-electron chi connectivity index (χ2n) is 14.1. The highest BCUT2D eigenvalue weighted by molar-refractivity contribution is 6.74. The molecule has 0 aliphatic rings. The summed E-state index contributed by atoms with van der Waals surface area (Å²) in [7, 11) is 0.0533. The largest absolute Gasteiger partial charge is 0.495 e. The normalized spacial score (nSPS) is 12.0. The molecular formula is C36H63NO4Si. The van der Waals surface area contributed by atoms with Gasteiger partial charge in [-0.05, 0) is 63.9 Å². The molecule has 1 aromatic rings. The van der Waals surface area contributed by atoms with Gasteiger partial charge in [-0.25, -0.2) is 4.79 Å². The van der Waals surface area contributed by atoms with Crippen LogP contribution < -0.4 is 10.1 Å². The Morgan fingerprint density at radius 3 is 1.76 bits per heavy atom. The third-order valence-electron chi connectivity index (χ3n) is 8.06. The SMILES string of the molecule is COc1cccc(NC(=O)OC(C)(C)C)c1C#CCCCCCCCCCCCCCCCCO[Si](C)(C)C(C)(C)C. The minimum absolute atomic E-state index is 0.317. The summed E-state index contributed by atoms with van der Waals surface area (Å²) < 4.78 is 17.1. The predicted molar refractivity (Wildman–Crippen MR) is 182 cm³/mol. The lowest BCUT2D eigenvalue weighted by Gasteiger charge is -2.36. The molecule has 1 amide bonds. The first-order valence-corrected chi connectivity index (χ1v) is 19.5. The van der Waals surface area contributed by atoms with E-state index in [0.29, 0.717) is 22.0 Å². The molecule has 1 rings (SSSR count). The maximum absolute atomic E-state index is 12.2. The number of hydrogen-bond donors (Lipinski definition) is 1. The lowest BCUT2D eigenvalue weighted by molar-refractivity contribution is 0.0636. The van der Waals surface area contributed by atoms with Crippen LogP contribution in [0.3, 0.4) is 0 Å². The van der Waals surface area contributed by atoms with Crippen molar-refractivity contribution in [2.75, 3.05) is 19.0 Å². The summed E-state index contributed by atoms with van der Waals surface area (Å²) in [5.74, 6) is 7.14. The van der Waals surface area contributed by atoms with Gasteiger partial charge in [0.25, 0.3) is 0 Å². The highest BCUT2D eigenvalue weighted by Gasteiger charge is 2.36. The summed E-state index contributed by atoms with van der Waals surface area (Å²) >= 11 is 0. The van der Waals surface area contributed by atoms with E-state index >= 15 is 0 Å². The van der Waals surface area contributed by atoms with Crippen molar-refractivity contribution < 1.29 is 18.7 Å². The van der Waals surface area contributed by atoms with Gasteiger partial charge in [0, 0.05) is 13.0 Å². The number of amides is 1. The van der Waals surface area contributed by atoms with Gasteiger partial charge >= 0.3 is 6.09 Å². The van der Waals surface area contributed by atoms with Crippen LogP contribution in [0.15, 0.2) is 18.2 Å². The van der Waals surface area contributed by atoms with Gasteiger partial charge in [-0.3, -0.25) is 5.32 Å². The van der Waals surface area contributed by atoms with E-state index < -0.39 is 20.0 Å². The van der Waals surface area contributed by atoms with Crippen molar-refractivity contribution in [3.05, 3.63) is 23.8 Å². The number of carbonyl (C=O) groups is 1. The van der Waals surface area contributed by atoms with Gasteiger partial charge in [0.15, 0.2) is 8.32 Å². The topological polar surface area (TPSA) is 56.8 Å². The Morgan fingerprint density at radius 2 is 1.29 bits per heavy atom. The Balaban J connectivity index is 2.09. The molecule has 0 aliphatic heterocycles. The number of rotatable bonds is 19. The Kier molecular flexibility index (Phi) is 18.2. The van der Waals surface area contributed by atoms with Crippen LogP contribution in [0.25, 0.3) is 0 Å². The van der Waals surface area contributed by atoms with Crippen LogP contribution in [0.5, 0.6) is 5.75 Å². The van der Waals surface area contributed by atoms with Gasteiger partial charge < -0.3 is 13.9 Å². The van der Waals surface area contributed by atoms with Crippen LogP contribution in [-0.2, 0) is 9.16 Å². The molecule has 0 aromatic heterocycles. The fraction of sp³-hybridized carbons (Fsp3) is 0.750. The third kappa shape index (κ3) is 17.2. The first kappa shape index (κ1) is 38.1. The number of carbonyl (C=O) groups excluding carboxylic acids is 1. The van der Waals surface area contributed by atoms with Crippen molar-refractivity contribution in [3.63, 3.8) is 0 Å². The van der Waals surface area contributed by atoms with Gasteiger partial charge in [0.2, 0.25) is 0 Å². The summed E-state index contributed by atoms with van der Waals surface area (Å²) in [6.07, 6.45) is 18.8. The Labute approximate surface area is 260 Å². The van der Waals surface area contributed by atoms with E-state index in [1.54, 1.807) is 7.11 Å². The molecule has 6 heteroatoms. The van der Waals surface area contributed by atoms with E-state index in [1.165, 1.54) is 83.5 Å². The smallest absolute Gasteiger partial charge is 0.412 e. The minimum atomic E-state index is -1.56. The van der Waals surface area contributed by atoms with E-state index in [1.807, 2.05) is 39.0 Å². The van der Waals surface area contributed by atoms with Crippen molar-refractivity contribution in [2.24, 2.45) is 0 Å². The predicted octanol–water partition coefficient (Wildman–Crippen LogP) is 11.3. The zero-order chi connectivity index (χ0) is 31.5. The van der Waals surface area contributed by atoms with Crippen LogP contribution >= 0.6 is 0 Å². The van der Waals surface area contributed by atoms with Crippen LogP contribution in [0.4, 0.5) is 10.5 Å². The summed E-state index contributed by atoms with van der Waals surface area (Å²) in [6.45, 7) is 18.1. The molecule has 0 bridgehead atoms. The van der Waals surface area contributed by atoms with Crippen molar-refractivity contribution in [1.29, 1.82) is 0 Å². The average molecular weight is 602 g/mol. The first-order chi connectivity index (χ1) is 19.8. The summed E-state index contributed by atoms with van der Waals surface area (Å²) in [4.78, 5) is 12.2. The summed E-state index contributed by atoms with van der Waals surface area (Å²) in [6, 6.07) is 5.52. The quantitative estimate of drug-likeness (QED) is 0.0973. The highest BCUT2D eigenvalue weighted by atomic mass is 28.4. The minimum Gasteiger partial charge on any atom is -0.495 e. The average Bonchev–Trinajstić information content (AvgIpc) is 2.88. The molecule has 0 fully saturated rings. The number of nitrogens with one attached hydrogen (secondary N) is 1. The first-order valence-electron chi connectivity index (χ1n) is 16.6. The van der Waals surface area contributed by atoms with E-state index in [-0.39, 0.29) is 0 Å². The van der Waals surface area contributed by atoms with E-state index in [0.717, 1.165) is 19.4 Å². The molecule has 42 heavy (non-hydrogen) atoms. The summed E-state index contributed by atoms with van der Waals surface area (Å²) in [5, 5.41) is 3.13. The molecule has 0 saturated heterocycles. The van der Waals surface area contributed by atoms with Crippen LogP contribution in [-0.4, -0.2) is 33.7 Å². The van der Waals surface area contributed by atoms with Crippen LogP contribution in [0.1, 0.15) is 143 Å². The summed E-state index contributed by atoms with van der Waals surface area (Å²) in [5.41, 5.74) is 0.742. The van der Waals surface area contributed by atoms with Crippen molar-refractivity contribution >= 4 is 20.1 Å². The fourth-order valence-corrected chi connectivity index (χ4v) is 5.57. The van der Waals surface area contributed by atoms with Gasteiger partial charge in [0.1, 0.15) is 11.4 Å². The molecule has 5 nitrogen and oxygen atoms in total. The fourth-order valence-electron chi connectivity index (χ4n) is 4.48. The number of methoxy groups -OCH3 is 1. The second-order valence-corrected chi connectivity index (χ2v) is 18.9. The molecule has 0 aliphatic carbocycles. The molecule has 1 N–H and O–H groups in total. The van der Waals surface area contributed by atoms with Gasteiger partial charge in [-0.1, -0.05) is 116 Å². The number of unbranched alkanes of at least 4 members (excludes halogenated alkanes) is 14. The van der Waals surface area contributed by atoms with Crippen molar-refractivity contribution in [1.82, 2.24) is 0 Å². The Bertz CT molecular complexity index is 950. The van der Waals surface area contributed by atoms with Gasteiger partial charge in [0.05, 0.1) is 18.4 Å². The van der Waals surface area contributed by atoms with Crippen molar-refractivity contribution in [2.45, 2.75) is 162 Å². The molecule has 240 valence electrons. The third-order valence-corrected chi connectivity index (χ3v) is 12.6. The number of ether oxygens (including phenoxy) is 2. The molecule has 1 aromatic carbocycles.